The summed E-state index contributed by atoms with van der Waals surface area (Å²) in [6, 6.07) is 0. The average molecular weight is 250 g/mol. The van der Waals surface area contributed by atoms with Crippen LogP contribution in [0.15, 0.2) is 12.2 Å². The molecule has 0 aromatic carbocycles. The molecule has 0 unspecified atom stereocenters. The van der Waals surface area contributed by atoms with Crippen LogP contribution in [-0.2, 0) is 14.4 Å². The molecule has 2 aliphatic heterocycles. The zero-order valence-corrected chi connectivity index (χ0v) is 11.2. The molecule has 0 aliphatic carbocycles. The van der Waals surface area contributed by atoms with Gasteiger partial charge in [0.2, 0.25) is 0 Å². The molecule has 0 aromatic heterocycles. The van der Waals surface area contributed by atoms with Gasteiger partial charge in [0.15, 0.2) is 5.78 Å². The SMILES string of the molecule is CN1CC(C(=O)C(C)(C)C)(N2C(=O)C=CC2=O)C1. The minimum Gasteiger partial charge on any atom is -0.301 e. The van der Waals surface area contributed by atoms with E-state index in [9.17, 15) is 14.4 Å². The number of imide groups is 1. The summed E-state index contributed by atoms with van der Waals surface area (Å²) in [5.74, 6) is -0.824. The Bertz CT molecular complexity index is 435. The predicted molar refractivity (Wildman–Crippen MR) is 65.7 cm³/mol. The number of likely N-dealkylation sites (N-methyl/N-ethyl adjacent to an activating group) is 1. The number of hydrogen-bond donors (Lipinski definition) is 0. The van der Waals surface area contributed by atoms with E-state index in [1.54, 1.807) is 0 Å². The minimum atomic E-state index is -0.981. The Morgan fingerprint density at radius 1 is 1.17 bits per heavy atom. The predicted octanol–water partition coefficient (Wildman–Crippen LogP) is 0.211. The molecule has 1 fully saturated rings. The third kappa shape index (κ3) is 1.70. The number of carbonyl (C=O) groups is 3. The van der Waals surface area contributed by atoms with Gasteiger partial charge in [0.25, 0.3) is 11.8 Å². The summed E-state index contributed by atoms with van der Waals surface area (Å²) in [4.78, 5) is 39.3. The van der Waals surface area contributed by atoms with Crippen molar-refractivity contribution in [2.24, 2.45) is 5.41 Å². The van der Waals surface area contributed by atoms with Crippen molar-refractivity contribution in [3.63, 3.8) is 0 Å². The molecular formula is C13H18N2O3. The maximum absolute atomic E-state index is 12.6. The van der Waals surface area contributed by atoms with E-state index in [1.165, 1.54) is 12.2 Å². The molecule has 5 nitrogen and oxygen atoms in total. The fourth-order valence-electron chi connectivity index (χ4n) is 2.75. The molecule has 1 saturated heterocycles. The Hall–Kier alpha value is -1.49. The van der Waals surface area contributed by atoms with E-state index in [2.05, 4.69) is 0 Å². The Morgan fingerprint density at radius 3 is 1.94 bits per heavy atom. The lowest BCUT2D eigenvalue weighted by atomic mass is 9.73. The fraction of sp³-hybridized carbons (Fsp3) is 0.615. The Balaban J connectivity index is 2.38. The van der Waals surface area contributed by atoms with Crippen molar-refractivity contribution < 1.29 is 14.4 Å². The highest BCUT2D eigenvalue weighted by Gasteiger charge is 2.58. The Kier molecular flexibility index (Phi) is 2.70. The smallest absolute Gasteiger partial charge is 0.254 e. The number of amides is 2. The highest BCUT2D eigenvalue weighted by atomic mass is 16.2. The van der Waals surface area contributed by atoms with E-state index in [-0.39, 0.29) is 17.6 Å². The molecule has 0 bridgehead atoms. The molecule has 2 amide bonds. The first-order chi connectivity index (χ1) is 8.18. The summed E-state index contributed by atoms with van der Waals surface area (Å²) in [5.41, 5.74) is -1.56. The second kappa shape index (κ2) is 3.75. The second-order valence-electron chi connectivity index (χ2n) is 6.13. The first-order valence-corrected chi connectivity index (χ1v) is 5.98. The summed E-state index contributed by atoms with van der Waals surface area (Å²) in [7, 11) is 1.87. The number of hydrogen-bond acceptors (Lipinski definition) is 4. The van der Waals surface area contributed by atoms with Crippen LogP contribution in [0, 0.1) is 5.41 Å². The van der Waals surface area contributed by atoms with Crippen LogP contribution in [0.25, 0.3) is 0 Å². The third-order valence-corrected chi connectivity index (χ3v) is 3.40. The van der Waals surface area contributed by atoms with Crippen molar-refractivity contribution >= 4 is 17.6 Å². The number of carbonyl (C=O) groups excluding carboxylic acids is 3. The number of rotatable bonds is 2. The number of likely N-dealkylation sites (tertiary alicyclic amines) is 1. The summed E-state index contributed by atoms with van der Waals surface area (Å²) in [6.45, 7) is 6.28. The zero-order valence-electron chi connectivity index (χ0n) is 11.2. The molecule has 18 heavy (non-hydrogen) atoms. The van der Waals surface area contributed by atoms with Crippen LogP contribution in [0.1, 0.15) is 20.8 Å². The van der Waals surface area contributed by atoms with Crippen LogP contribution in [0.2, 0.25) is 0 Å². The van der Waals surface area contributed by atoms with Crippen molar-refractivity contribution in [2.45, 2.75) is 26.3 Å². The number of Topliss-reactive ketones (excluding diaryl/α,β-unsaturated/α-hetero) is 1. The molecule has 0 atom stereocenters. The third-order valence-electron chi connectivity index (χ3n) is 3.40. The molecule has 2 aliphatic rings. The van der Waals surface area contributed by atoms with Gasteiger partial charge in [-0.1, -0.05) is 20.8 Å². The summed E-state index contributed by atoms with van der Waals surface area (Å²) < 4.78 is 0. The van der Waals surface area contributed by atoms with E-state index in [0.29, 0.717) is 13.1 Å². The first-order valence-electron chi connectivity index (χ1n) is 5.98. The van der Waals surface area contributed by atoms with Gasteiger partial charge in [-0.25, -0.2) is 0 Å². The summed E-state index contributed by atoms with van der Waals surface area (Å²) >= 11 is 0. The van der Waals surface area contributed by atoms with Gasteiger partial charge in [-0.15, -0.1) is 0 Å². The van der Waals surface area contributed by atoms with E-state index in [1.807, 2.05) is 32.7 Å². The molecule has 0 radical (unpaired) electrons. The summed E-state index contributed by atoms with van der Waals surface area (Å²) in [5, 5.41) is 0. The van der Waals surface area contributed by atoms with Crippen LogP contribution >= 0.6 is 0 Å². The van der Waals surface area contributed by atoms with E-state index >= 15 is 0 Å². The van der Waals surface area contributed by atoms with Crippen LogP contribution in [-0.4, -0.2) is 53.1 Å². The largest absolute Gasteiger partial charge is 0.301 e. The number of ketones is 1. The fourth-order valence-corrected chi connectivity index (χ4v) is 2.75. The Labute approximate surface area is 106 Å². The number of nitrogens with zero attached hydrogens (tertiary/aromatic N) is 2. The lowest BCUT2D eigenvalue weighted by Gasteiger charge is -2.53. The normalized spacial score (nSPS) is 23.4. The second-order valence-corrected chi connectivity index (χ2v) is 6.13. The minimum absolute atomic E-state index is 0.0569. The van der Waals surface area contributed by atoms with Gasteiger partial charge in [-0.3, -0.25) is 19.3 Å². The van der Waals surface area contributed by atoms with Crippen molar-refractivity contribution in [2.75, 3.05) is 20.1 Å². The maximum Gasteiger partial charge on any atom is 0.254 e. The van der Waals surface area contributed by atoms with Crippen LogP contribution in [0.5, 0.6) is 0 Å². The molecule has 5 heteroatoms. The van der Waals surface area contributed by atoms with Crippen molar-refractivity contribution in [3.05, 3.63) is 12.2 Å². The van der Waals surface area contributed by atoms with E-state index in [0.717, 1.165) is 4.90 Å². The molecule has 0 spiro atoms. The lowest BCUT2D eigenvalue weighted by molar-refractivity contribution is -0.165. The van der Waals surface area contributed by atoms with Gasteiger partial charge in [-0.05, 0) is 7.05 Å². The molecule has 0 saturated carbocycles. The van der Waals surface area contributed by atoms with Crippen LogP contribution in [0.4, 0.5) is 0 Å². The monoisotopic (exact) mass is 250 g/mol. The van der Waals surface area contributed by atoms with Crippen molar-refractivity contribution in [3.8, 4) is 0 Å². The Morgan fingerprint density at radius 2 is 1.61 bits per heavy atom. The van der Waals surface area contributed by atoms with Crippen molar-refractivity contribution in [1.29, 1.82) is 0 Å². The van der Waals surface area contributed by atoms with E-state index in [4.69, 9.17) is 0 Å². The molecule has 0 N–H and O–H groups in total. The van der Waals surface area contributed by atoms with Gasteiger partial charge in [0.1, 0.15) is 5.54 Å². The van der Waals surface area contributed by atoms with Gasteiger partial charge in [0, 0.05) is 30.7 Å². The van der Waals surface area contributed by atoms with Gasteiger partial charge < -0.3 is 4.90 Å². The van der Waals surface area contributed by atoms with Gasteiger partial charge in [0.05, 0.1) is 0 Å². The van der Waals surface area contributed by atoms with Gasteiger partial charge >= 0.3 is 0 Å². The molecule has 2 heterocycles. The quantitative estimate of drug-likeness (QED) is 0.657. The molecule has 98 valence electrons. The standard InChI is InChI=1S/C13H18N2O3/c1-12(2,3)11(18)13(7-14(4)8-13)15-9(16)5-6-10(15)17/h5-6H,7-8H2,1-4H3. The lowest BCUT2D eigenvalue weighted by Crippen LogP contribution is -2.75. The van der Waals surface area contributed by atoms with Crippen molar-refractivity contribution in [1.82, 2.24) is 9.80 Å². The van der Waals surface area contributed by atoms with E-state index < -0.39 is 11.0 Å². The molecule has 0 aromatic rings. The molecule has 2 rings (SSSR count). The van der Waals surface area contributed by atoms with Crippen LogP contribution in [0.3, 0.4) is 0 Å². The molecular weight excluding hydrogens is 232 g/mol. The zero-order chi connectivity index (χ0) is 13.7. The topological polar surface area (TPSA) is 57.7 Å². The highest BCUT2D eigenvalue weighted by Crippen LogP contribution is 2.36. The average Bonchev–Trinajstić information content (AvgIpc) is 2.52. The highest BCUT2D eigenvalue weighted by molar-refractivity contribution is 6.17. The first kappa shape index (κ1) is 13.0. The maximum atomic E-state index is 12.6. The summed E-state index contributed by atoms with van der Waals surface area (Å²) in [6.07, 6.45) is 2.47. The van der Waals surface area contributed by atoms with Crippen LogP contribution < -0.4 is 0 Å². The van der Waals surface area contributed by atoms with Gasteiger partial charge in [-0.2, -0.15) is 0 Å².